The number of fused-ring (bicyclic) bond motifs is 1. The van der Waals surface area contributed by atoms with E-state index in [-0.39, 0.29) is 0 Å². The monoisotopic (exact) mass is 299 g/mol. The molecule has 1 aromatic carbocycles. The molecule has 1 aliphatic rings. The summed E-state index contributed by atoms with van der Waals surface area (Å²) in [5.74, 6) is 1.80. The predicted molar refractivity (Wildman–Crippen MR) is 87.6 cm³/mol. The van der Waals surface area contributed by atoms with E-state index in [1.807, 2.05) is 11.8 Å². The molecule has 3 nitrogen and oxygen atoms in total. The van der Waals surface area contributed by atoms with E-state index in [4.69, 9.17) is 9.97 Å². The van der Waals surface area contributed by atoms with Crippen molar-refractivity contribution < 1.29 is 0 Å². The van der Waals surface area contributed by atoms with Crippen LogP contribution in [-0.4, -0.2) is 16.5 Å². The molecule has 4 heteroatoms. The molecule has 110 valence electrons. The van der Waals surface area contributed by atoms with Gasteiger partial charge < -0.3 is 5.32 Å². The highest BCUT2D eigenvalue weighted by Gasteiger charge is 2.16. The minimum atomic E-state index is 0.837. The van der Waals surface area contributed by atoms with Crippen LogP contribution in [0, 0.1) is 6.92 Å². The Balaban J connectivity index is 1.79. The molecule has 0 unspecified atom stereocenters. The molecule has 0 spiro atoms. The molecule has 21 heavy (non-hydrogen) atoms. The maximum absolute atomic E-state index is 4.78. The van der Waals surface area contributed by atoms with Gasteiger partial charge in [0.25, 0.3) is 0 Å². The fraction of sp³-hybridized carbons (Fsp3) is 0.412. The molecule has 0 aliphatic carbocycles. The van der Waals surface area contributed by atoms with Crippen molar-refractivity contribution in [1.82, 2.24) is 15.3 Å². The lowest BCUT2D eigenvalue weighted by Gasteiger charge is -2.19. The molecule has 0 bridgehead atoms. The maximum atomic E-state index is 4.78. The molecule has 0 fully saturated rings. The number of hydrogen-bond donors (Lipinski definition) is 1. The molecule has 1 aliphatic heterocycles. The third-order valence-corrected chi connectivity index (χ3v) is 4.75. The van der Waals surface area contributed by atoms with Gasteiger partial charge >= 0.3 is 0 Å². The fourth-order valence-corrected chi connectivity index (χ4v) is 3.57. The molecule has 1 aromatic heterocycles. The van der Waals surface area contributed by atoms with Crippen molar-refractivity contribution in [2.24, 2.45) is 0 Å². The summed E-state index contributed by atoms with van der Waals surface area (Å²) >= 11 is 1.81. The molecule has 0 saturated heterocycles. The molecule has 0 saturated carbocycles. The Bertz CT molecular complexity index is 623. The van der Waals surface area contributed by atoms with Gasteiger partial charge in [0.2, 0.25) is 0 Å². The number of rotatable bonds is 4. The van der Waals surface area contributed by atoms with Crippen molar-refractivity contribution in [3.8, 4) is 0 Å². The molecular formula is C17H21N3S. The summed E-state index contributed by atoms with van der Waals surface area (Å²) in [6.07, 6.45) is 2.05. The first kappa shape index (κ1) is 14.5. The number of aromatic nitrogens is 2. The Morgan fingerprint density at radius 2 is 2.19 bits per heavy atom. The van der Waals surface area contributed by atoms with Gasteiger partial charge in [-0.25, -0.2) is 9.97 Å². The molecule has 1 N–H and O–H groups in total. The summed E-state index contributed by atoms with van der Waals surface area (Å²) in [4.78, 5) is 10.8. The number of thioether (sulfide) groups is 1. The average Bonchev–Trinajstić information content (AvgIpc) is 2.52. The first-order valence-corrected chi connectivity index (χ1v) is 8.52. The summed E-state index contributed by atoms with van der Waals surface area (Å²) in [5.41, 5.74) is 5.11. The highest BCUT2D eigenvalue weighted by molar-refractivity contribution is 7.98. The van der Waals surface area contributed by atoms with Crippen molar-refractivity contribution in [3.63, 3.8) is 0 Å². The Kier molecular flexibility index (Phi) is 4.56. The van der Waals surface area contributed by atoms with Gasteiger partial charge in [0.05, 0.1) is 11.4 Å². The van der Waals surface area contributed by atoms with Crippen LogP contribution in [0.2, 0.25) is 0 Å². The predicted octanol–water partition coefficient (Wildman–Crippen LogP) is 3.29. The first-order valence-electron chi connectivity index (χ1n) is 7.54. The average molecular weight is 299 g/mol. The van der Waals surface area contributed by atoms with Gasteiger partial charge in [-0.3, -0.25) is 0 Å². The molecular weight excluding hydrogens is 278 g/mol. The van der Waals surface area contributed by atoms with Gasteiger partial charge in [0.1, 0.15) is 5.82 Å². The van der Waals surface area contributed by atoms with Gasteiger partial charge in [0, 0.05) is 17.1 Å². The van der Waals surface area contributed by atoms with Crippen molar-refractivity contribution >= 4 is 11.8 Å². The van der Waals surface area contributed by atoms with Gasteiger partial charge in [-0.1, -0.05) is 24.6 Å². The van der Waals surface area contributed by atoms with Crippen LogP contribution in [0.5, 0.6) is 0 Å². The van der Waals surface area contributed by atoms with Gasteiger partial charge in [0.15, 0.2) is 0 Å². The van der Waals surface area contributed by atoms with E-state index in [1.165, 1.54) is 27.4 Å². The Labute approximate surface area is 130 Å². The highest BCUT2D eigenvalue weighted by Crippen LogP contribution is 2.24. The second-order valence-electron chi connectivity index (χ2n) is 5.40. The number of nitrogens with zero attached hydrogens (tertiary/aromatic N) is 2. The Morgan fingerprint density at radius 1 is 1.29 bits per heavy atom. The van der Waals surface area contributed by atoms with Gasteiger partial charge in [-0.05, 0) is 44.0 Å². The quantitative estimate of drug-likeness (QED) is 0.879. The highest BCUT2D eigenvalue weighted by atomic mass is 32.2. The fourth-order valence-electron chi connectivity index (χ4n) is 2.70. The van der Waals surface area contributed by atoms with Crippen LogP contribution in [0.25, 0.3) is 0 Å². The van der Waals surface area contributed by atoms with E-state index < -0.39 is 0 Å². The van der Waals surface area contributed by atoms with Crippen LogP contribution < -0.4 is 5.32 Å². The SMILES string of the molecule is CCc1nc(CSc2cccc(C)c2)nc2c1CCNC2. The second-order valence-corrected chi connectivity index (χ2v) is 6.45. The Hall–Kier alpha value is -1.39. The summed E-state index contributed by atoms with van der Waals surface area (Å²) < 4.78 is 0. The zero-order chi connectivity index (χ0) is 14.7. The topological polar surface area (TPSA) is 37.8 Å². The van der Waals surface area contributed by atoms with Crippen LogP contribution in [0.1, 0.15) is 35.3 Å². The van der Waals surface area contributed by atoms with Gasteiger partial charge in [-0.15, -0.1) is 11.8 Å². The molecule has 0 radical (unpaired) electrons. The lowest BCUT2D eigenvalue weighted by Crippen LogP contribution is -2.27. The zero-order valence-electron chi connectivity index (χ0n) is 12.6. The number of hydrogen-bond acceptors (Lipinski definition) is 4. The van der Waals surface area contributed by atoms with E-state index in [0.717, 1.165) is 37.5 Å². The Morgan fingerprint density at radius 3 is 3.00 bits per heavy atom. The van der Waals surface area contributed by atoms with Crippen molar-refractivity contribution in [1.29, 1.82) is 0 Å². The minimum Gasteiger partial charge on any atom is -0.311 e. The third-order valence-electron chi connectivity index (χ3n) is 3.76. The van der Waals surface area contributed by atoms with E-state index in [1.54, 1.807) is 0 Å². The van der Waals surface area contributed by atoms with E-state index in [0.29, 0.717) is 0 Å². The smallest absolute Gasteiger partial charge is 0.139 e. The van der Waals surface area contributed by atoms with Crippen molar-refractivity contribution in [3.05, 3.63) is 52.6 Å². The third kappa shape index (κ3) is 3.44. The van der Waals surface area contributed by atoms with Crippen LogP contribution >= 0.6 is 11.8 Å². The number of benzene rings is 1. The standard InChI is InChI=1S/C17H21N3S/c1-3-15-14-7-8-18-10-16(14)20-17(19-15)11-21-13-6-4-5-12(2)9-13/h4-6,9,18H,3,7-8,10-11H2,1-2H3. The molecule has 0 atom stereocenters. The normalized spacial score (nSPS) is 14.0. The lowest BCUT2D eigenvalue weighted by molar-refractivity contribution is 0.611. The van der Waals surface area contributed by atoms with Crippen molar-refractivity contribution in [2.75, 3.05) is 6.54 Å². The zero-order valence-corrected chi connectivity index (χ0v) is 13.5. The number of nitrogens with one attached hydrogen (secondary N) is 1. The van der Waals surface area contributed by atoms with Crippen LogP contribution in [0.15, 0.2) is 29.2 Å². The first-order chi connectivity index (χ1) is 10.3. The molecule has 3 rings (SSSR count). The molecule has 2 aromatic rings. The molecule has 0 amide bonds. The lowest BCUT2D eigenvalue weighted by atomic mass is 10.0. The van der Waals surface area contributed by atoms with E-state index in [2.05, 4.69) is 43.4 Å². The van der Waals surface area contributed by atoms with Crippen LogP contribution in [0.4, 0.5) is 0 Å². The van der Waals surface area contributed by atoms with E-state index >= 15 is 0 Å². The van der Waals surface area contributed by atoms with Crippen molar-refractivity contribution in [2.45, 2.75) is 43.9 Å². The van der Waals surface area contributed by atoms with Gasteiger partial charge in [-0.2, -0.15) is 0 Å². The maximum Gasteiger partial charge on any atom is 0.139 e. The summed E-state index contributed by atoms with van der Waals surface area (Å²) in [5, 5.41) is 3.40. The largest absolute Gasteiger partial charge is 0.311 e. The van der Waals surface area contributed by atoms with Crippen LogP contribution in [-0.2, 0) is 25.1 Å². The summed E-state index contributed by atoms with van der Waals surface area (Å²) in [6, 6.07) is 8.59. The number of aryl methyl sites for hydroxylation is 2. The van der Waals surface area contributed by atoms with E-state index in [9.17, 15) is 0 Å². The minimum absolute atomic E-state index is 0.837. The second kappa shape index (κ2) is 6.58. The van der Waals surface area contributed by atoms with Crippen LogP contribution in [0.3, 0.4) is 0 Å². The molecule has 2 heterocycles. The summed E-state index contributed by atoms with van der Waals surface area (Å²) in [6.45, 7) is 6.23. The summed E-state index contributed by atoms with van der Waals surface area (Å²) in [7, 11) is 0.